The third-order valence-electron chi connectivity index (χ3n) is 6.66. The maximum Gasteiger partial charge on any atom is 0.311 e. The fourth-order valence-corrected chi connectivity index (χ4v) is 5.01. The summed E-state index contributed by atoms with van der Waals surface area (Å²) in [4.78, 5) is 64.1. The summed E-state index contributed by atoms with van der Waals surface area (Å²) in [7, 11) is 2.97. The van der Waals surface area contributed by atoms with Crippen LogP contribution in [0.3, 0.4) is 0 Å². The van der Waals surface area contributed by atoms with E-state index in [1.165, 1.54) is 16.6 Å². The number of ether oxygens (including phenoxy) is 1. The molecule has 10 nitrogen and oxygen atoms in total. The molecular formula is C26H31N3O7. The van der Waals surface area contributed by atoms with Crippen molar-refractivity contribution < 1.29 is 29.0 Å². The lowest BCUT2D eigenvalue weighted by Crippen LogP contribution is -2.56. The van der Waals surface area contributed by atoms with Gasteiger partial charge in [-0.2, -0.15) is 0 Å². The number of methoxy groups -OCH3 is 1. The van der Waals surface area contributed by atoms with Gasteiger partial charge < -0.3 is 24.2 Å². The van der Waals surface area contributed by atoms with Gasteiger partial charge in [-0.3, -0.25) is 24.0 Å². The second-order valence-corrected chi connectivity index (χ2v) is 9.09. The van der Waals surface area contributed by atoms with E-state index in [-0.39, 0.29) is 42.1 Å². The molecule has 3 atom stereocenters. The number of pyridine rings is 1. The van der Waals surface area contributed by atoms with Gasteiger partial charge in [-0.25, -0.2) is 0 Å². The normalized spacial score (nSPS) is 20.8. The minimum absolute atomic E-state index is 0.0847. The highest BCUT2D eigenvalue weighted by molar-refractivity contribution is 5.98. The van der Waals surface area contributed by atoms with E-state index >= 15 is 0 Å². The molecular weight excluding hydrogens is 466 g/mol. The van der Waals surface area contributed by atoms with Crippen LogP contribution in [-0.4, -0.2) is 69.5 Å². The number of rotatable bonds is 3. The summed E-state index contributed by atoms with van der Waals surface area (Å²) in [6.45, 7) is 4.75. The second-order valence-electron chi connectivity index (χ2n) is 9.09. The van der Waals surface area contributed by atoms with Crippen molar-refractivity contribution in [2.24, 2.45) is 13.0 Å². The number of aliphatic carboxylic acids is 1. The number of nitrogens with zero attached hydrogens (tertiary/aromatic N) is 3. The van der Waals surface area contributed by atoms with Gasteiger partial charge in [-0.15, -0.1) is 0 Å². The summed E-state index contributed by atoms with van der Waals surface area (Å²) in [5.41, 5.74) is 1.92. The quantitative estimate of drug-likeness (QED) is 0.640. The second kappa shape index (κ2) is 10.8. The zero-order valence-corrected chi connectivity index (χ0v) is 21.1. The van der Waals surface area contributed by atoms with E-state index in [0.29, 0.717) is 12.0 Å². The summed E-state index contributed by atoms with van der Waals surface area (Å²) in [6, 6.07) is 10.4. The van der Waals surface area contributed by atoms with Gasteiger partial charge >= 0.3 is 5.97 Å². The Morgan fingerprint density at radius 1 is 1.08 bits per heavy atom. The molecule has 3 heterocycles. The molecule has 36 heavy (non-hydrogen) atoms. The number of aryl methyl sites for hydroxylation is 2. The average molecular weight is 498 g/mol. The number of amides is 2. The summed E-state index contributed by atoms with van der Waals surface area (Å²) >= 11 is 0. The van der Waals surface area contributed by atoms with Crippen molar-refractivity contribution >= 4 is 23.8 Å². The lowest BCUT2D eigenvalue weighted by Gasteiger charge is -2.40. The number of carbonyl (C=O) groups is 4. The van der Waals surface area contributed by atoms with Gasteiger partial charge in [0.15, 0.2) is 0 Å². The van der Waals surface area contributed by atoms with Crippen molar-refractivity contribution in [2.75, 3.05) is 20.2 Å². The molecule has 0 saturated carbocycles. The number of hydrogen-bond acceptors (Lipinski definition) is 6. The lowest BCUT2D eigenvalue weighted by molar-refractivity contribution is -0.147. The first-order valence-corrected chi connectivity index (χ1v) is 11.6. The number of hydrogen-bond donors (Lipinski definition) is 1. The number of fused-ring (bicyclic) bond motifs is 1. The summed E-state index contributed by atoms with van der Waals surface area (Å²) in [5.74, 6) is -2.41. The molecule has 2 fully saturated rings. The first kappa shape index (κ1) is 26.7. The fourth-order valence-electron chi connectivity index (χ4n) is 5.01. The number of carbonyl (C=O) groups excluding carboxylic acids is 3. The molecule has 0 unspecified atom stereocenters. The predicted molar refractivity (Wildman–Crippen MR) is 130 cm³/mol. The zero-order valence-electron chi connectivity index (χ0n) is 21.1. The number of carboxylic acids is 1. The molecule has 2 aliphatic rings. The maximum absolute atomic E-state index is 13.3. The third-order valence-corrected chi connectivity index (χ3v) is 6.66. The first-order valence-electron chi connectivity index (χ1n) is 11.6. The summed E-state index contributed by atoms with van der Waals surface area (Å²) in [5, 5.41) is 7.42. The summed E-state index contributed by atoms with van der Waals surface area (Å²) < 4.78 is 6.46. The van der Waals surface area contributed by atoms with Crippen LogP contribution in [0.15, 0.2) is 41.2 Å². The van der Waals surface area contributed by atoms with Crippen molar-refractivity contribution in [3.63, 3.8) is 0 Å². The van der Waals surface area contributed by atoms with Crippen LogP contribution in [0, 0.1) is 19.8 Å². The van der Waals surface area contributed by atoms with Crippen LogP contribution in [0.5, 0.6) is 0 Å². The Bertz CT molecular complexity index is 1230. The minimum Gasteiger partial charge on any atom is -0.481 e. The average Bonchev–Trinajstić information content (AvgIpc) is 3.22. The molecule has 1 N–H and O–H groups in total. The van der Waals surface area contributed by atoms with Gasteiger partial charge in [0.05, 0.1) is 25.1 Å². The molecule has 192 valence electrons. The standard InChI is InChI=1S/C24H27N3O5.C2H4O2/c1-14-10-15(2)25(3)22(29)20(14)23(30)26-12-17-11-18(24(31)32-4)21(27(17)19(28)13-26)16-8-6-5-7-9-16;1-2(3)4/h5-10,17-18,21H,11-13H2,1-4H3;1H3,(H,3,4)/t17-,18-,21-;/m0./s1. The largest absolute Gasteiger partial charge is 0.481 e. The van der Waals surface area contributed by atoms with Crippen LogP contribution in [0.4, 0.5) is 0 Å². The molecule has 0 radical (unpaired) electrons. The summed E-state index contributed by atoms with van der Waals surface area (Å²) in [6.07, 6.45) is 0.395. The van der Waals surface area contributed by atoms with Gasteiger partial charge in [0.25, 0.3) is 17.4 Å². The molecule has 0 aliphatic carbocycles. The van der Waals surface area contributed by atoms with E-state index in [9.17, 15) is 19.2 Å². The van der Waals surface area contributed by atoms with Crippen LogP contribution < -0.4 is 5.56 Å². The third kappa shape index (κ3) is 5.17. The van der Waals surface area contributed by atoms with E-state index in [2.05, 4.69) is 0 Å². The Kier molecular flexibility index (Phi) is 7.96. The number of aromatic nitrogens is 1. The van der Waals surface area contributed by atoms with Gasteiger partial charge in [0.2, 0.25) is 5.91 Å². The van der Waals surface area contributed by atoms with Gasteiger partial charge in [-0.05, 0) is 37.5 Å². The van der Waals surface area contributed by atoms with Crippen molar-refractivity contribution in [2.45, 2.75) is 39.3 Å². The number of benzene rings is 1. The van der Waals surface area contributed by atoms with Gasteiger partial charge in [0, 0.05) is 26.2 Å². The maximum atomic E-state index is 13.3. The van der Waals surface area contributed by atoms with Crippen molar-refractivity contribution in [1.29, 1.82) is 0 Å². The van der Waals surface area contributed by atoms with Gasteiger partial charge in [0.1, 0.15) is 12.1 Å². The van der Waals surface area contributed by atoms with Crippen LogP contribution in [0.2, 0.25) is 0 Å². The molecule has 1 aromatic heterocycles. The Morgan fingerprint density at radius 2 is 1.69 bits per heavy atom. The molecule has 1 aromatic carbocycles. The van der Waals surface area contributed by atoms with Crippen LogP contribution in [-0.2, 0) is 26.2 Å². The Hall–Kier alpha value is -3.95. The molecule has 2 saturated heterocycles. The number of carboxylic acid groups (broad SMARTS) is 1. The topological polar surface area (TPSA) is 126 Å². The lowest BCUT2D eigenvalue weighted by atomic mass is 9.93. The van der Waals surface area contributed by atoms with Crippen molar-refractivity contribution in [3.8, 4) is 0 Å². The molecule has 10 heteroatoms. The highest BCUT2D eigenvalue weighted by atomic mass is 16.5. The van der Waals surface area contributed by atoms with Crippen molar-refractivity contribution in [3.05, 3.63) is 69.1 Å². The molecule has 0 spiro atoms. The first-order chi connectivity index (χ1) is 17.0. The molecule has 0 bridgehead atoms. The van der Waals surface area contributed by atoms with E-state index < -0.39 is 23.8 Å². The van der Waals surface area contributed by atoms with E-state index in [1.807, 2.05) is 30.3 Å². The molecule has 2 aromatic rings. The Balaban J connectivity index is 0.000000840. The van der Waals surface area contributed by atoms with Crippen LogP contribution >= 0.6 is 0 Å². The zero-order chi connectivity index (χ0) is 26.7. The fraction of sp³-hybridized carbons (Fsp3) is 0.423. The van der Waals surface area contributed by atoms with E-state index in [0.717, 1.165) is 18.2 Å². The molecule has 2 amide bonds. The Morgan fingerprint density at radius 3 is 2.28 bits per heavy atom. The number of piperazine rings is 1. The SMILES string of the molecule is CC(=O)O.COC(=O)[C@H]1C[C@H]2CN(C(=O)c3c(C)cc(C)n(C)c3=O)CC(=O)N2[C@H]1c1ccccc1. The monoisotopic (exact) mass is 497 g/mol. The highest BCUT2D eigenvalue weighted by Gasteiger charge is 2.51. The minimum atomic E-state index is -0.833. The number of esters is 1. The predicted octanol–water partition coefficient (Wildman–Crippen LogP) is 1.68. The van der Waals surface area contributed by atoms with Crippen LogP contribution in [0.1, 0.15) is 46.6 Å². The molecule has 4 rings (SSSR count). The van der Waals surface area contributed by atoms with Gasteiger partial charge in [-0.1, -0.05) is 30.3 Å². The highest BCUT2D eigenvalue weighted by Crippen LogP contribution is 2.43. The Labute approximate surface area is 209 Å². The van der Waals surface area contributed by atoms with Crippen molar-refractivity contribution in [1.82, 2.24) is 14.4 Å². The van der Waals surface area contributed by atoms with E-state index in [1.54, 1.807) is 31.9 Å². The molecule has 2 aliphatic heterocycles. The van der Waals surface area contributed by atoms with Crippen LogP contribution in [0.25, 0.3) is 0 Å². The smallest absolute Gasteiger partial charge is 0.311 e. The van der Waals surface area contributed by atoms with E-state index in [4.69, 9.17) is 14.6 Å².